The Balaban J connectivity index is 1.52. The van der Waals surface area contributed by atoms with Crippen molar-refractivity contribution in [2.45, 2.75) is 31.5 Å². The Hall–Kier alpha value is -2.22. The molecule has 2 aromatic carbocycles. The summed E-state index contributed by atoms with van der Waals surface area (Å²) in [7, 11) is 1.83. The number of anilines is 1. The van der Waals surface area contributed by atoms with Crippen molar-refractivity contribution >= 4 is 46.6 Å². The summed E-state index contributed by atoms with van der Waals surface area (Å²) < 4.78 is 7.49. The molecular formula is C21H22Cl2N4O2S. The number of hydrogen-bond donors (Lipinski definition) is 1. The number of thioether (sulfide) groups is 1. The lowest BCUT2D eigenvalue weighted by Crippen LogP contribution is -2.14. The molecule has 0 spiro atoms. The molecule has 1 heterocycles. The predicted molar refractivity (Wildman–Crippen MR) is 122 cm³/mol. The average molecular weight is 465 g/mol. The summed E-state index contributed by atoms with van der Waals surface area (Å²) >= 11 is 13.3. The van der Waals surface area contributed by atoms with Crippen molar-refractivity contribution in [1.82, 2.24) is 14.8 Å². The molecule has 30 heavy (non-hydrogen) atoms. The van der Waals surface area contributed by atoms with E-state index < -0.39 is 0 Å². The van der Waals surface area contributed by atoms with E-state index in [1.807, 2.05) is 31.3 Å². The van der Waals surface area contributed by atoms with E-state index in [9.17, 15) is 4.79 Å². The predicted octanol–water partition coefficient (Wildman–Crippen LogP) is 5.56. The van der Waals surface area contributed by atoms with Gasteiger partial charge in [-0.3, -0.25) is 4.79 Å². The molecule has 0 aliphatic heterocycles. The first-order chi connectivity index (χ1) is 14.3. The molecule has 3 aromatic rings. The maximum absolute atomic E-state index is 12.3. The minimum Gasteiger partial charge on any atom is -0.484 e. The molecule has 0 aliphatic carbocycles. The molecule has 0 bridgehead atoms. The van der Waals surface area contributed by atoms with Gasteiger partial charge in [-0.1, -0.05) is 60.9 Å². The number of carbonyl (C=O) groups is 1. The molecule has 0 unspecified atom stereocenters. The van der Waals surface area contributed by atoms with Crippen LogP contribution in [0.15, 0.2) is 47.6 Å². The van der Waals surface area contributed by atoms with Crippen LogP contribution in [0.2, 0.25) is 10.0 Å². The van der Waals surface area contributed by atoms with Gasteiger partial charge < -0.3 is 14.6 Å². The van der Waals surface area contributed by atoms with Gasteiger partial charge in [-0.05, 0) is 41.8 Å². The van der Waals surface area contributed by atoms with E-state index in [0.29, 0.717) is 32.7 Å². The summed E-state index contributed by atoms with van der Waals surface area (Å²) in [6.45, 7) is 4.46. The van der Waals surface area contributed by atoms with Crippen LogP contribution in [-0.4, -0.2) is 26.4 Å². The van der Waals surface area contributed by atoms with Crippen molar-refractivity contribution in [3.05, 3.63) is 63.9 Å². The molecule has 158 valence electrons. The van der Waals surface area contributed by atoms with Crippen molar-refractivity contribution in [3.63, 3.8) is 0 Å². The highest BCUT2D eigenvalue weighted by atomic mass is 35.5. The van der Waals surface area contributed by atoms with Crippen molar-refractivity contribution in [2.24, 2.45) is 7.05 Å². The van der Waals surface area contributed by atoms with Crippen LogP contribution in [0.1, 0.15) is 31.2 Å². The Kier molecular flexibility index (Phi) is 7.64. The number of nitrogens with one attached hydrogen (secondary N) is 1. The van der Waals surface area contributed by atoms with Gasteiger partial charge in [0.2, 0.25) is 5.91 Å². The number of hydrogen-bond acceptors (Lipinski definition) is 5. The van der Waals surface area contributed by atoms with Crippen LogP contribution in [-0.2, 0) is 18.4 Å². The highest BCUT2D eigenvalue weighted by Gasteiger charge is 2.13. The lowest BCUT2D eigenvalue weighted by atomic mass is 10.0. The van der Waals surface area contributed by atoms with E-state index in [1.54, 1.807) is 22.8 Å². The van der Waals surface area contributed by atoms with Crippen LogP contribution in [0.4, 0.5) is 5.69 Å². The molecule has 9 heteroatoms. The number of carbonyl (C=O) groups excluding carboxylic acids is 1. The second-order valence-electron chi connectivity index (χ2n) is 6.93. The van der Waals surface area contributed by atoms with Gasteiger partial charge in [-0.15, -0.1) is 10.2 Å². The molecule has 1 amide bonds. The number of ether oxygens (including phenoxy) is 1. The van der Waals surface area contributed by atoms with Crippen LogP contribution in [0, 0.1) is 0 Å². The van der Waals surface area contributed by atoms with Crippen molar-refractivity contribution in [3.8, 4) is 5.75 Å². The van der Waals surface area contributed by atoms with Crippen LogP contribution in [0.5, 0.6) is 5.75 Å². The number of benzene rings is 2. The highest BCUT2D eigenvalue weighted by molar-refractivity contribution is 7.99. The third-order valence-corrected chi connectivity index (χ3v) is 5.92. The van der Waals surface area contributed by atoms with Gasteiger partial charge in [0.25, 0.3) is 0 Å². The molecule has 0 radical (unpaired) electrons. The fraction of sp³-hybridized carbons (Fsp3) is 0.286. The van der Waals surface area contributed by atoms with E-state index in [4.69, 9.17) is 27.9 Å². The van der Waals surface area contributed by atoms with Crippen molar-refractivity contribution in [1.29, 1.82) is 0 Å². The molecule has 0 saturated heterocycles. The largest absolute Gasteiger partial charge is 0.484 e. The molecule has 3 rings (SSSR count). The Morgan fingerprint density at radius 2 is 1.90 bits per heavy atom. The second-order valence-corrected chi connectivity index (χ2v) is 8.72. The molecule has 6 nitrogen and oxygen atoms in total. The van der Waals surface area contributed by atoms with Crippen LogP contribution >= 0.6 is 35.0 Å². The van der Waals surface area contributed by atoms with Gasteiger partial charge in [0.05, 0.1) is 10.8 Å². The number of aromatic nitrogens is 3. The molecular weight excluding hydrogens is 443 g/mol. The summed E-state index contributed by atoms with van der Waals surface area (Å²) in [6.07, 6.45) is 0. The number of amides is 1. The van der Waals surface area contributed by atoms with E-state index in [-0.39, 0.29) is 18.3 Å². The van der Waals surface area contributed by atoms with E-state index in [0.717, 1.165) is 5.69 Å². The third-order valence-electron chi connectivity index (χ3n) is 4.37. The lowest BCUT2D eigenvalue weighted by Gasteiger charge is -2.09. The normalized spacial score (nSPS) is 11.0. The third kappa shape index (κ3) is 5.90. The highest BCUT2D eigenvalue weighted by Crippen LogP contribution is 2.28. The Bertz CT molecular complexity index is 1020. The second kappa shape index (κ2) is 10.2. The molecule has 0 saturated carbocycles. The van der Waals surface area contributed by atoms with Crippen LogP contribution < -0.4 is 10.1 Å². The smallest absolute Gasteiger partial charge is 0.234 e. The van der Waals surface area contributed by atoms with Gasteiger partial charge in [0, 0.05) is 17.8 Å². The zero-order chi connectivity index (χ0) is 21.7. The average Bonchev–Trinajstić information content (AvgIpc) is 3.06. The van der Waals surface area contributed by atoms with Crippen LogP contribution in [0.3, 0.4) is 0 Å². The summed E-state index contributed by atoms with van der Waals surface area (Å²) in [6, 6.07) is 12.9. The summed E-state index contributed by atoms with van der Waals surface area (Å²) in [4.78, 5) is 12.3. The topological polar surface area (TPSA) is 69.0 Å². The monoisotopic (exact) mass is 464 g/mol. The quantitative estimate of drug-likeness (QED) is 0.442. The molecule has 1 N–H and O–H groups in total. The molecule has 0 fully saturated rings. The number of halogens is 2. The fourth-order valence-corrected chi connectivity index (χ4v) is 3.80. The maximum atomic E-state index is 12.3. The molecule has 1 aromatic heterocycles. The van der Waals surface area contributed by atoms with E-state index in [1.165, 1.54) is 17.3 Å². The fourth-order valence-electron chi connectivity index (χ4n) is 2.61. The molecule has 0 atom stereocenters. The van der Waals surface area contributed by atoms with Gasteiger partial charge in [0.1, 0.15) is 12.4 Å². The minimum atomic E-state index is -0.106. The minimum absolute atomic E-state index is 0.106. The molecule has 0 aliphatic rings. The first-order valence-electron chi connectivity index (χ1n) is 9.32. The summed E-state index contributed by atoms with van der Waals surface area (Å²) in [5.41, 5.74) is 2.01. The van der Waals surface area contributed by atoms with Gasteiger partial charge >= 0.3 is 0 Å². The van der Waals surface area contributed by atoms with Gasteiger partial charge in [-0.25, -0.2) is 0 Å². The number of rotatable bonds is 8. The SMILES string of the molecule is CC(C)c1ccc(NC(=O)CSc2nnc(COc3ccc(Cl)cc3Cl)n2C)cc1. The Morgan fingerprint density at radius 3 is 2.57 bits per heavy atom. The first kappa shape index (κ1) is 22.5. The van der Waals surface area contributed by atoms with Crippen molar-refractivity contribution < 1.29 is 9.53 Å². The van der Waals surface area contributed by atoms with Gasteiger partial charge in [-0.2, -0.15) is 0 Å². The Morgan fingerprint density at radius 1 is 1.17 bits per heavy atom. The van der Waals surface area contributed by atoms with E-state index >= 15 is 0 Å². The lowest BCUT2D eigenvalue weighted by molar-refractivity contribution is -0.113. The number of nitrogens with zero attached hydrogens (tertiary/aromatic N) is 3. The van der Waals surface area contributed by atoms with Crippen LogP contribution in [0.25, 0.3) is 0 Å². The summed E-state index contributed by atoms with van der Waals surface area (Å²) in [5.74, 6) is 1.71. The van der Waals surface area contributed by atoms with Gasteiger partial charge in [0.15, 0.2) is 11.0 Å². The zero-order valence-corrected chi connectivity index (χ0v) is 19.2. The Labute approximate surface area is 189 Å². The first-order valence-corrected chi connectivity index (χ1v) is 11.1. The summed E-state index contributed by atoms with van der Waals surface area (Å²) in [5, 5.41) is 12.8. The standard InChI is InChI=1S/C21H22Cl2N4O2S/c1-13(2)14-4-7-16(8-5-14)24-20(28)12-30-21-26-25-19(27(21)3)11-29-18-9-6-15(22)10-17(18)23/h4-10,13H,11-12H2,1-3H3,(H,24,28). The van der Waals surface area contributed by atoms with E-state index in [2.05, 4.69) is 29.4 Å². The zero-order valence-electron chi connectivity index (χ0n) is 16.9. The van der Waals surface area contributed by atoms with Crippen molar-refractivity contribution in [2.75, 3.05) is 11.1 Å². The maximum Gasteiger partial charge on any atom is 0.234 e.